The first-order chi connectivity index (χ1) is 11.9. The maximum Gasteiger partial charge on any atom is 0.325 e. The van der Waals surface area contributed by atoms with Crippen molar-refractivity contribution >= 4 is 38.2 Å². The molecule has 1 aromatic heterocycles. The van der Waals surface area contributed by atoms with Gasteiger partial charge in [-0.15, -0.1) is 0 Å². The Bertz CT molecular complexity index is 893. The number of hydrogen-bond donors (Lipinski definition) is 2. The third kappa shape index (κ3) is 4.17. The largest absolute Gasteiger partial charge is 0.325 e. The normalized spacial score (nSPS) is 14.8. The summed E-state index contributed by atoms with van der Waals surface area (Å²) < 4.78 is 25.5. The van der Waals surface area contributed by atoms with Crippen LogP contribution < -0.4 is 10.6 Å². The van der Waals surface area contributed by atoms with Gasteiger partial charge in [-0.25, -0.2) is 18.2 Å². The molecule has 0 saturated heterocycles. The van der Waals surface area contributed by atoms with Crippen LogP contribution >= 0.6 is 11.3 Å². The van der Waals surface area contributed by atoms with Gasteiger partial charge in [0.2, 0.25) is 10.0 Å². The highest BCUT2D eigenvalue weighted by Crippen LogP contribution is 2.29. The van der Waals surface area contributed by atoms with Crippen molar-refractivity contribution in [1.82, 2.24) is 9.29 Å². The van der Waals surface area contributed by atoms with E-state index in [9.17, 15) is 13.2 Å². The number of amides is 2. The number of hydrogen-bond acceptors (Lipinski definition) is 5. The van der Waals surface area contributed by atoms with Gasteiger partial charge in [0.1, 0.15) is 0 Å². The zero-order valence-corrected chi connectivity index (χ0v) is 15.7. The number of nitrogens with zero attached hydrogens (tertiary/aromatic N) is 2. The molecule has 9 heteroatoms. The second kappa shape index (κ2) is 7.11. The third-order valence-corrected chi connectivity index (χ3v) is 6.78. The van der Waals surface area contributed by atoms with Crippen molar-refractivity contribution in [3.8, 4) is 0 Å². The fraction of sp³-hybridized carbons (Fsp3) is 0.375. The highest BCUT2D eigenvalue weighted by Gasteiger charge is 2.28. The fourth-order valence-electron chi connectivity index (χ4n) is 2.63. The Morgan fingerprint density at radius 1 is 1.36 bits per heavy atom. The van der Waals surface area contributed by atoms with E-state index in [1.807, 2.05) is 31.2 Å². The van der Waals surface area contributed by atoms with E-state index in [1.165, 1.54) is 15.6 Å². The number of aromatic nitrogens is 1. The zero-order valence-electron chi connectivity index (χ0n) is 14.1. The van der Waals surface area contributed by atoms with Gasteiger partial charge in [-0.05, 0) is 31.5 Å². The highest BCUT2D eigenvalue weighted by molar-refractivity contribution is 7.89. The summed E-state index contributed by atoms with van der Waals surface area (Å²) in [4.78, 5) is 17.4. The predicted octanol–water partition coefficient (Wildman–Crippen LogP) is 2.80. The fourth-order valence-corrected chi connectivity index (χ4v) is 4.79. The number of benzene rings is 1. The van der Waals surface area contributed by atoms with Gasteiger partial charge in [-0.2, -0.15) is 4.31 Å². The van der Waals surface area contributed by atoms with Crippen molar-refractivity contribution in [2.24, 2.45) is 0 Å². The molecule has 0 atom stereocenters. The molecule has 1 aliphatic rings. The second-order valence-corrected chi connectivity index (χ2v) is 9.16. The minimum Gasteiger partial charge on any atom is -0.308 e. The van der Waals surface area contributed by atoms with Crippen LogP contribution in [0.1, 0.15) is 23.1 Å². The molecule has 0 radical (unpaired) electrons. The smallest absolute Gasteiger partial charge is 0.308 e. The molecule has 0 unspecified atom stereocenters. The summed E-state index contributed by atoms with van der Waals surface area (Å²) in [6.45, 7) is 4.35. The quantitative estimate of drug-likeness (QED) is 0.853. The van der Waals surface area contributed by atoms with Crippen LogP contribution in [-0.2, 0) is 23.0 Å². The van der Waals surface area contributed by atoms with Crippen molar-refractivity contribution in [3.05, 3.63) is 40.4 Å². The lowest BCUT2D eigenvalue weighted by Gasteiger charge is -2.24. The summed E-state index contributed by atoms with van der Waals surface area (Å²) in [5.74, 6) is 0.0884. The molecular formula is C16H20N4O3S2. The third-order valence-electron chi connectivity index (χ3n) is 3.95. The van der Waals surface area contributed by atoms with Crippen LogP contribution in [0, 0.1) is 6.92 Å². The van der Waals surface area contributed by atoms with Gasteiger partial charge >= 0.3 is 6.03 Å². The zero-order chi connectivity index (χ0) is 18.0. The molecule has 0 aliphatic carbocycles. The van der Waals surface area contributed by atoms with Gasteiger partial charge in [0.15, 0.2) is 5.13 Å². The molecule has 0 spiro atoms. The molecule has 25 heavy (non-hydrogen) atoms. The van der Waals surface area contributed by atoms with E-state index in [-0.39, 0.29) is 11.8 Å². The summed E-state index contributed by atoms with van der Waals surface area (Å²) in [5.41, 5.74) is 2.62. The van der Waals surface area contributed by atoms with Crippen molar-refractivity contribution in [3.63, 3.8) is 0 Å². The minimum atomic E-state index is -3.21. The van der Waals surface area contributed by atoms with E-state index >= 15 is 0 Å². The molecule has 0 saturated carbocycles. The Balaban J connectivity index is 1.67. The summed E-state index contributed by atoms with van der Waals surface area (Å²) in [6, 6.07) is 7.14. The number of carbonyl (C=O) groups excluding carboxylic acids is 1. The molecular weight excluding hydrogens is 360 g/mol. The Morgan fingerprint density at radius 2 is 2.16 bits per heavy atom. The van der Waals surface area contributed by atoms with Crippen LogP contribution in [-0.4, -0.2) is 36.0 Å². The number of urea groups is 1. The summed E-state index contributed by atoms with van der Waals surface area (Å²) >= 11 is 1.32. The van der Waals surface area contributed by atoms with Gasteiger partial charge in [0, 0.05) is 30.1 Å². The van der Waals surface area contributed by atoms with E-state index < -0.39 is 10.0 Å². The monoisotopic (exact) mass is 380 g/mol. The van der Waals surface area contributed by atoms with E-state index in [0.717, 1.165) is 16.1 Å². The summed E-state index contributed by atoms with van der Waals surface area (Å²) in [7, 11) is -3.21. The van der Waals surface area contributed by atoms with Crippen molar-refractivity contribution < 1.29 is 13.2 Å². The second-order valence-electron chi connectivity index (χ2n) is 5.82. The van der Waals surface area contributed by atoms with Crippen LogP contribution in [0.4, 0.5) is 15.6 Å². The number of anilines is 2. The molecule has 7 nitrogen and oxygen atoms in total. The van der Waals surface area contributed by atoms with Crippen LogP contribution in [0.2, 0.25) is 0 Å². The van der Waals surface area contributed by atoms with Gasteiger partial charge in [-0.1, -0.05) is 23.5 Å². The van der Waals surface area contributed by atoms with Crippen molar-refractivity contribution in [2.75, 3.05) is 22.9 Å². The molecule has 0 fully saturated rings. The number of sulfonamides is 1. The Kier molecular flexibility index (Phi) is 5.07. The molecule has 2 amide bonds. The van der Waals surface area contributed by atoms with Crippen molar-refractivity contribution in [1.29, 1.82) is 0 Å². The number of aryl methyl sites for hydroxylation is 1. The average molecular weight is 380 g/mol. The van der Waals surface area contributed by atoms with E-state index in [2.05, 4.69) is 15.6 Å². The molecule has 1 aromatic carbocycles. The Morgan fingerprint density at radius 3 is 2.88 bits per heavy atom. The number of carbonyl (C=O) groups is 1. The molecule has 2 N–H and O–H groups in total. The van der Waals surface area contributed by atoms with Gasteiger partial charge in [-0.3, -0.25) is 5.32 Å². The molecule has 1 aliphatic heterocycles. The number of thiazole rings is 1. The number of rotatable bonds is 4. The standard InChI is InChI=1S/C16H20N4O3S2/c1-3-25(22,23)20-8-7-13-14(10-20)24-16(18-13)19-15(21)17-12-6-4-5-11(2)9-12/h4-6,9H,3,7-8,10H2,1-2H3,(H2,17,18,19,21). The van der Waals surface area contributed by atoms with Crippen LogP contribution in [0.3, 0.4) is 0 Å². The molecule has 3 rings (SSSR count). The minimum absolute atomic E-state index is 0.0884. The van der Waals surface area contributed by atoms with Crippen molar-refractivity contribution in [2.45, 2.75) is 26.8 Å². The van der Waals surface area contributed by atoms with Gasteiger partial charge < -0.3 is 5.32 Å². The summed E-state index contributed by atoms with van der Waals surface area (Å²) in [6.07, 6.45) is 0.562. The van der Waals surface area contributed by atoms with Gasteiger partial charge in [0.25, 0.3) is 0 Å². The Labute approximate surface area is 151 Å². The first-order valence-corrected chi connectivity index (χ1v) is 10.4. The Hall–Kier alpha value is -1.97. The first kappa shape index (κ1) is 17.8. The SMILES string of the molecule is CCS(=O)(=O)N1CCc2nc(NC(=O)Nc3cccc(C)c3)sc2C1. The van der Waals surface area contributed by atoms with Crippen LogP contribution in [0.15, 0.2) is 24.3 Å². The van der Waals surface area contributed by atoms with Crippen LogP contribution in [0.25, 0.3) is 0 Å². The maximum absolute atomic E-state index is 12.1. The molecule has 0 bridgehead atoms. The van der Waals surface area contributed by atoms with Crippen LogP contribution in [0.5, 0.6) is 0 Å². The lowest BCUT2D eigenvalue weighted by Crippen LogP contribution is -2.36. The maximum atomic E-state index is 12.1. The first-order valence-electron chi connectivity index (χ1n) is 7.98. The summed E-state index contributed by atoms with van der Waals surface area (Å²) in [5, 5.41) is 5.97. The predicted molar refractivity (Wildman–Crippen MR) is 99.5 cm³/mol. The topological polar surface area (TPSA) is 91.4 Å². The number of nitrogens with one attached hydrogen (secondary N) is 2. The van der Waals surface area contributed by atoms with E-state index in [4.69, 9.17) is 0 Å². The highest BCUT2D eigenvalue weighted by atomic mass is 32.2. The average Bonchev–Trinajstić information content (AvgIpc) is 2.95. The van der Waals surface area contributed by atoms with E-state index in [0.29, 0.717) is 30.3 Å². The number of fused-ring (bicyclic) bond motifs is 1. The van der Waals surface area contributed by atoms with Gasteiger partial charge in [0.05, 0.1) is 11.4 Å². The molecule has 134 valence electrons. The molecule has 2 aromatic rings. The molecule has 2 heterocycles. The lowest BCUT2D eigenvalue weighted by molar-refractivity contribution is 0.262. The lowest BCUT2D eigenvalue weighted by atomic mass is 10.2. The van der Waals surface area contributed by atoms with E-state index in [1.54, 1.807) is 6.92 Å².